The summed E-state index contributed by atoms with van der Waals surface area (Å²) in [5.41, 5.74) is 2.08. The Morgan fingerprint density at radius 1 is 1.03 bits per heavy atom. The average Bonchev–Trinajstić information content (AvgIpc) is 3.11. The normalized spacial score (nSPS) is 19.1. The predicted octanol–water partition coefficient (Wildman–Crippen LogP) is 4.08. The molecule has 178 valence electrons. The molecule has 2 aliphatic heterocycles. The minimum atomic E-state index is -0.186. The lowest BCUT2D eigenvalue weighted by Gasteiger charge is -2.36. The topological polar surface area (TPSA) is 25.0 Å². The van der Waals surface area contributed by atoms with Gasteiger partial charge in [-0.2, -0.15) is 0 Å². The molecule has 0 radical (unpaired) electrons. The molecule has 8 heteroatoms. The third kappa shape index (κ3) is 7.08. The van der Waals surface area contributed by atoms with Crippen molar-refractivity contribution in [2.24, 2.45) is 0 Å². The van der Waals surface area contributed by atoms with Crippen LogP contribution in [0.1, 0.15) is 11.1 Å². The molecule has 0 aromatic heterocycles. The van der Waals surface area contributed by atoms with Crippen LogP contribution in [0.15, 0.2) is 54.9 Å². The van der Waals surface area contributed by atoms with Crippen LogP contribution in [-0.4, -0.2) is 78.6 Å². The molecular weight excluding hydrogens is 460 g/mol. The quantitative estimate of drug-likeness (QED) is 0.569. The van der Waals surface area contributed by atoms with Crippen LogP contribution in [0.25, 0.3) is 0 Å². The first-order valence-electron chi connectivity index (χ1n) is 11.5. The molecule has 0 bridgehead atoms. The maximum absolute atomic E-state index is 13.8. The van der Waals surface area contributed by atoms with E-state index in [2.05, 4.69) is 44.4 Å². The Balaban J connectivity index is 1.45. The first-order chi connectivity index (χ1) is 16.0. The second-order valence-electron chi connectivity index (χ2n) is 8.85. The number of nitrogens with zero attached hydrogens (tertiary/aromatic N) is 4. The number of halogens is 3. The predicted molar refractivity (Wildman–Crippen MR) is 134 cm³/mol. The SMILES string of the molecule is CN1C=CN(Cc2cc(Cl)cc(Cl)c2)C1CN(CCN1CCNCC1)Cc1cccc(F)c1. The van der Waals surface area contributed by atoms with Gasteiger partial charge in [-0.1, -0.05) is 35.3 Å². The summed E-state index contributed by atoms with van der Waals surface area (Å²) in [4.78, 5) is 9.47. The van der Waals surface area contributed by atoms with E-state index in [9.17, 15) is 4.39 Å². The van der Waals surface area contributed by atoms with Gasteiger partial charge in [0.2, 0.25) is 0 Å². The molecule has 2 aromatic carbocycles. The molecule has 0 amide bonds. The maximum Gasteiger partial charge on any atom is 0.123 e. The Morgan fingerprint density at radius 3 is 2.52 bits per heavy atom. The number of nitrogens with one attached hydrogen (secondary N) is 1. The first-order valence-corrected chi connectivity index (χ1v) is 12.2. The largest absolute Gasteiger partial charge is 0.358 e. The molecule has 33 heavy (non-hydrogen) atoms. The third-order valence-corrected chi connectivity index (χ3v) is 6.73. The van der Waals surface area contributed by atoms with Gasteiger partial charge in [0.1, 0.15) is 12.0 Å². The van der Waals surface area contributed by atoms with E-state index >= 15 is 0 Å². The van der Waals surface area contributed by atoms with Crippen molar-refractivity contribution in [3.05, 3.63) is 81.9 Å². The van der Waals surface area contributed by atoms with Crippen LogP contribution in [-0.2, 0) is 13.1 Å². The van der Waals surface area contributed by atoms with E-state index in [4.69, 9.17) is 23.2 Å². The Labute approximate surface area is 206 Å². The average molecular weight is 492 g/mol. The molecule has 1 N–H and O–H groups in total. The number of piperazine rings is 1. The number of benzene rings is 2. The van der Waals surface area contributed by atoms with Gasteiger partial charge in [0.15, 0.2) is 0 Å². The summed E-state index contributed by atoms with van der Waals surface area (Å²) in [6.45, 7) is 8.41. The standard InChI is InChI=1S/C25H32Cl2FN5/c1-30-9-12-33(18-21-13-22(26)16-23(27)14-21)25(30)19-32(11-10-31-7-5-29-6-8-31)17-20-3-2-4-24(28)15-20/h2-4,9,12-16,25,29H,5-8,10-11,17-19H2,1H3. The maximum atomic E-state index is 13.8. The summed E-state index contributed by atoms with van der Waals surface area (Å²) >= 11 is 12.4. The minimum Gasteiger partial charge on any atom is -0.358 e. The van der Waals surface area contributed by atoms with Gasteiger partial charge < -0.3 is 15.1 Å². The van der Waals surface area contributed by atoms with Gasteiger partial charge in [-0.3, -0.25) is 9.80 Å². The zero-order valence-electron chi connectivity index (χ0n) is 19.1. The van der Waals surface area contributed by atoms with E-state index < -0.39 is 0 Å². The van der Waals surface area contributed by atoms with Crippen molar-refractivity contribution in [1.29, 1.82) is 0 Å². The number of hydrogen-bond acceptors (Lipinski definition) is 5. The van der Waals surface area contributed by atoms with Gasteiger partial charge in [0.05, 0.1) is 0 Å². The summed E-state index contributed by atoms with van der Waals surface area (Å²) in [5.74, 6) is -0.186. The Morgan fingerprint density at radius 2 is 1.79 bits per heavy atom. The van der Waals surface area contributed by atoms with Crippen molar-refractivity contribution in [2.45, 2.75) is 19.3 Å². The molecule has 5 nitrogen and oxygen atoms in total. The van der Waals surface area contributed by atoms with Gasteiger partial charge in [-0.15, -0.1) is 0 Å². The van der Waals surface area contributed by atoms with E-state index in [0.717, 1.165) is 63.5 Å². The van der Waals surface area contributed by atoms with E-state index in [0.29, 0.717) is 16.6 Å². The molecular formula is C25H32Cl2FN5. The van der Waals surface area contributed by atoms with Crippen molar-refractivity contribution >= 4 is 23.2 Å². The fourth-order valence-corrected chi connectivity index (χ4v) is 5.08. The van der Waals surface area contributed by atoms with Crippen LogP contribution in [0.3, 0.4) is 0 Å². The van der Waals surface area contributed by atoms with E-state index in [1.165, 1.54) is 6.07 Å². The van der Waals surface area contributed by atoms with Gasteiger partial charge >= 0.3 is 0 Å². The van der Waals surface area contributed by atoms with Crippen molar-refractivity contribution in [1.82, 2.24) is 24.9 Å². The molecule has 2 heterocycles. The highest BCUT2D eigenvalue weighted by atomic mass is 35.5. The van der Waals surface area contributed by atoms with Crippen molar-refractivity contribution in [3.63, 3.8) is 0 Å². The Kier molecular flexibility index (Phi) is 8.50. The minimum absolute atomic E-state index is 0.166. The summed E-state index contributed by atoms with van der Waals surface area (Å²) in [6.07, 6.45) is 4.39. The van der Waals surface area contributed by atoms with Gasteiger partial charge in [0, 0.05) is 88.4 Å². The second kappa shape index (κ2) is 11.5. The lowest BCUT2D eigenvalue weighted by Crippen LogP contribution is -2.49. The molecule has 0 aliphatic carbocycles. The zero-order chi connectivity index (χ0) is 23.2. The van der Waals surface area contributed by atoms with E-state index in [1.807, 2.05) is 18.2 Å². The first kappa shape index (κ1) is 24.3. The molecule has 1 saturated heterocycles. The molecule has 1 unspecified atom stereocenters. The second-order valence-corrected chi connectivity index (χ2v) is 9.72. The lowest BCUT2D eigenvalue weighted by molar-refractivity contribution is 0.0954. The molecule has 1 atom stereocenters. The van der Waals surface area contributed by atoms with Crippen molar-refractivity contribution in [2.75, 3.05) is 52.9 Å². The number of rotatable bonds is 9. The third-order valence-electron chi connectivity index (χ3n) is 6.29. The van der Waals surface area contributed by atoms with Crippen LogP contribution in [0.5, 0.6) is 0 Å². The van der Waals surface area contributed by atoms with E-state index in [1.54, 1.807) is 18.2 Å². The number of likely N-dealkylation sites (N-methyl/N-ethyl adjacent to an activating group) is 1. The van der Waals surface area contributed by atoms with Crippen LogP contribution < -0.4 is 5.32 Å². The van der Waals surface area contributed by atoms with Crippen molar-refractivity contribution in [3.8, 4) is 0 Å². The summed E-state index contributed by atoms with van der Waals surface area (Å²) in [5, 5.41) is 4.71. The molecule has 1 fully saturated rings. The van der Waals surface area contributed by atoms with Crippen molar-refractivity contribution < 1.29 is 4.39 Å². The van der Waals surface area contributed by atoms with Crippen LogP contribution >= 0.6 is 23.2 Å². The van der Waals surface area contributed by atoms with Gasteiger partial charge in [0.25, 0.3) is 0 Å². The number of hydrogen-bond donors (Lipinski definition) is 1. The fourth-order valence-electron chi connectivity index (χ4n) is 4.51. The van der Waals surface area contributed by atoms with Crippen LogP contribution in [0.4, 0.5) is 4.39 Å². The van der Waals surface area contributed by atoms with E-state index in [-0.39, 0.29) is 12.0 Å². The van der Waals surface area contributed by atoms with Crippen LogP contribution in [0.2, 0.25) is 10.0 Å². The highest BCUT2D eigenvalue weighted by molar-refractivity contribution is 6.34. The highest BCUT2D eigenvalue weighted by Gasteiger charge is 2.27. The summed E-state index contributed by atoms with van der Waals surface area (Å²) in [6, 6.07) is 12.6. The highest BCUT2D eigenvalue weighted by Crippen LogP contribution is 2.24. The van der Waals surface area contributed by atoms with Gasteiger partial charge in [-0.05, 0) is 41.5 Å². The molecule has 0 saturated carbocycles. The monoisotopic (exact) mass is 491 g/mol. The van der Waals surface area contributed by atoms with Gasteiger partial charge in [-0.25, -0.2) is 4.39 Å². The smallest absolute Gasteiger partial charge is 0.123 e. The zero-order valence-corrected chi connectivity index (χ0v) is 20.6. The molecule has 2 aliphatic rings. The molecule has 2 aromatic rings. The Hall–Kier alpha value is -1.83. The molecule has 0 spiro atoms. The Bertz CT molecular complexity index is 930. The lowest BCUT2D eigenvalue weighted by atomic mass is 10.2. The molecule has 4 rings (SSSR count). The van der Waals surface area contributed by atoms with Crippen LogP contribution in [0, 0.1) is 5.82 Å². The fraction of sp³-hybridized carbons (Fsp3) is 0.440. The summed E-state index contributed by atoms with van der Waals surface area (Å²) in [7, 11) is 2.10. The summed E-state index contributed by atoms with van der Waals surface area (Å²) < 4.78 is 13.8.